The summed E-state index contributed by atoms with van der Waals surface area (Å²) >= 11 is 0. The first kappa shape index (κ1) is 31.9. The Morgan fingerprint density at radius 1 is 0.958 bits per heavy atom. The SMILES string of the molecule is COc1ccc(-c2nc(C(=O)N3CCN(CCCCCCOc4cc5c(cc4C)C(=O)N4CCC[C@H]4C=N5)CC3)c3ccccn23)cc1. The summed E-state index contributed by atoms with van der Waals surface area (Å²) in [6.45, 7) is 7.63. The van der Waals surface area contributed by atoms with Crippen molar-refractivity contribution >= 4 is 29.2 Å². The van der Waals surface area contributed by atoms with Gasteiger partial charge in [0.25, 0.3) is 11.8 Å². The fourth-order valence-corrected chi connectivity index (χ4v) is 7.07. The average Bonchev–Trinajstić information content (AvgIpc) is 3.73. The van der Waals surface area contributed by atoms with E-state index in [9.17, 15) is 9.59 Å². The number of amides is 2. The van der Waals surface area contributed by atoms with Crippen LogP contribution in [0.1, 0.15) is 64.9 Å². The van der Waals surface area contributed by atoms with E-state index >= 15 is 0 Å². The standard InChI is InChI=1S/C38H44N6O4/c1-27-24-31-32(39-26-29-10-9-18-43(29)37(31)45)25-34(27)48-23-8-4-3-6-16-41-19-21-42(22-20-41)38(46)35-33-11-5-7-17-44(33)36(40-35)28-12-14-30(47-2)15-13-28/h5,7,11-15,17,24-26,29H,3-4,6,8-10,16,18-23H2,1-2H3/t29-/m0/s1. The summed E-state index contributed by atoms with van der Waals surface area (Å²) in [6.07, 6.45) is 10.2. The summed E-state index contributed by atoms with van der Waals surface area (Å²) in [5.74, 6) is 2.42. The van der Waals surface area contributed by atoms with Gasteiger partial charge >= 0.3 is 0 Å². The number of carbonyl (C=O) groups is 2. The molecular weight excluding hydrogens is 604 g/mol. The van der Waals surface area contributed by atoms with Gasteiger partial charge in [-0.1, -0.05) is 18.9 Å². The normalized spacial score (nSPS) is 17.8. The number of nitrogens with zero attached hydrogens (tertiary/aromatic N) is 6. The smallest absolute Gasteiger partial charge is 0.274 e. The molecule has 10 nitrogen and oxygen atoms in total. The Bertz CT molecular complexity index is 1810. The third-order valence-electron chi connectivity index (χ3n) is 9.85. The number of aromatic nitrogens is 2. The zero-order valence-electron chi connectivity index (χ0n) is 27.9. The van der Waals surface area contributed by atoms with Crippen molar-refractivity contribution in [3.8, 4) is 22.9 Å². The van der Waals surface area contributed by atoms with E-state index < -0.39 is 0 Å². The van der Waals surface area contributed by atoms with Crippen LogP contribution in [0.2, 0.25) is 0 Å². The molecule has 0 aliphatic carbocycles. The van der Waals surface area contributed by atoms with Crippen molar-refractivity contribution < 1.29 is 19.1 Å². The van der Waals surface area contributed by atoms with E-state index in [0.29, 0.717) is 36.6 Å². The number of piperazine rings is 1. The number of carbonyl (C=O) groups excluding carboxylic acids is 2. The van der Waals surface area contributed by atoms with Crippen LogP contribution in [0.3, 0.4) is 0 Å². The first-order valence-electron chi connectivity index (χ1n) is 17.3. The van der Waals surface area contributed by atoms with Crippen LogP contribution in [0, 0.1) is 6.92 Å². The number of benzene rings is 2. The highest BCUT2D eigenvalue weighted by molar-refractivity contribution is 6.03. The third-order valence-corrected chi connectivity index (χ3v) is 9.85. The molecular formula is C38H44N6O4. The van der Waals surface area contributed by atoms with E-state index in [2.05, 4.69) is 9.89 Å². The number of pyridine rings is 1. The molecule has 2 aromatic heterocycles. The maximum Gasteiger partial charge on any atom is 0.274 e. The second-order valence-electron chi connectivity index (χ2n) is 13.0. The van der Waals surface area contributed by atoms with Crippen LogP contribution in [0.15, 0.2) is 65.8 Å². The molecule has 0 radical (unpaired) electrons. The predicted molar refractivity (Wildman–Crippen MR) is 187 cm³/mol. The molecule has 0 spiro atoms. The molecule has 48 heavy (non-hydrogen) atoms. The summed E-state index contributed by atoms with van der Waals surface area (Å²) in [6, 6.07) is 17.6. The monoisotopic (exact) mass is 648 g/mol. The number of unbranched alkanes of at least 4 members (excludes halogenated alkanes) is 3. The molecule has 7 rings (SSSR count). The maximum atomic E-state index is 13.7. The molecule has 0 saturated carbocycles. The van der Waals surface area contributed by atoms with Gasteiger partial charge in [0.15, 0.2) is 5.69 Å². The van der Waals surface area contributed by atoms with Gasteiger partial charge < -0.3 is 19.3 Å². The highest BCUT2D eigenvalue weighted by Gasteiger charge is 2.32. The second kappa shape index (κ2) is 14.2. The molecule has 10 heteroatoms. The molecule has 0 N–H and O–H groups in total. The van der Waals surface area contributed by atoms with Gasteiger partial charge in [-0.2, -0.15) is 0 Å². The van der Waals surface area contributed by atoms with Crippen molar-refractivity contribution in [3.63, 3.8) is 0 Å². The zero-order chi connectivity index (χ0) is 33.0. The van der Waals surface area contributed by atoms with Crippen LogP contribution in [0.25, 0.3) is 16.9 Å². The fourth-order valence-electron chi connectivity index (χ4n) is 7.07. The Balaban J connectivity index is 0.848. The van der Waals surface area contributed by atoms with E-state index in [1.165, 1.54) is 0 Å². The number of rotatable bonds is 11. The van der Waals surface area contributed by atoms with Gasteiger partial charge in [-0.25, -0.2) is 4.98 Å². The molecule has 0 bridgehead atoms. The quantitative estimate of drug-likeness (QED) is 0.184. The van der Waals surface area contributed by atoms with Crippen LogP contribution in [0.4, 0.5) is 5.69 Å². The molecule has 4 aromatic rings. The first-order valence-corrected chi connectivity index (χ1v) is 17.3. The number of ether oxygens (including phenoxy) is 2. The summed E-state index contributed by atoms with van der Waals surface area (Å²) in [5, 5.41) is 0. The van der Waals surface area contributed by atoms with Gasteiger partial charge in [0.2, 0.25) is 0 Å². The number of hydrogen-bond acceptors (Lipinski definition) is 7. The number of aryl methyl sites for hydroxylation is 1. The average molecular weight is 649 g/mol. The van der Waals surface area contributed by atoms with E-state index in [1.807, 2.05) is 88.1 Å². The van der Waals surface area contributed by atoms with Gasteiger partial charge in [0, 0.05) is 56.8 Å². The lowest BCUT2D eigenvalue weighted by Crippen LogP contribution is -2.49. The predicted octanol–water partition coefficient (Wildman–Crippen LogP) is 6.04. The first-order chi connectivity index (χ1) is 23.5. The number of aliphatic imine (C=N–C) groups is 1. The molecule has 2 aromatic carbocycles. The Kier molecular flexibility index (Phi) is 9.43. The van der Waals surface area contributed by atoms with Crippen molar-refractivity contribution in [1.29, 1.82) is 0 Å². The molecule has 1 atom stereocenters. The Morgan fingerprint density at radius 3 is 2.58 bits per heavy atom. The molecule has 3 aliphatic heterocycles. The van der Waals surface area contributed by atoms with Crippen molar-refractivity contribution in [3.05, 3.63) is 77.6 Å². The molecule has 5 heterocycles. The summed E-state index contributed by atoms with van der Waals surface area (Å²) in [7, 11) is 1.65. The molecule has 2 fully saturated rings. The van der Waals surface area contributed by atoms with E-state index in [4.69, 9.17) is 14.5 Å². The van der Waals surface area contributed by atoms with Crippen molar-refractivity contribution in [1.82, 2.24) is 24.1 Å². The van der Waals surface area contributed by atoms with Crippen molar-refractivity contribution in [2.24, 2.45) is 4.99 Å². The molecule has 250 valence electrons. The highest BCUT2D eigenvalue weighted by atomic mass is 16.5. The van der Waals surface area contributed by atoms with Gasteiger partial charge in [-0.05, 0) is 87.2 Å². The third kappa shape index (κ3) is 6.54. The van der Waals surface area contributed by atoms with Crippen LogP contribution >= 0.6 is 0 Å². The number of hydrogen-bond donors (Lipinski definition) is 0. The Labute approximate surface area is 282 Å². The lowest BCUT2D eigenvalue weighted by molar-refractivity contribution is 0.0631. The number of methoxy groups -OCH3 is 1. The Hall–Kier alpha value is -4.70. The minimum Gasteiger partial charge on any atom is -0.497 e. The molecule has 0 unspecified atom stereocenters. The lowest BCUT2D eigenvalue weighted by Gasteiger charge is -2.34. The van der Waals surface area contributed by atoms with Crippen molar-refractivity contribution in [2.45, 2.75) is 51.5 Å². The summed E-state index contributed by atoms with van der Waals surface area (Å²) < 4.78 is 13.4. The van der Waals surface area contributed by atoms with Gasteiger partial charge in [0.1, 0.15) is 17.3 Å². The van der Waals surface area contributed by atoms with E-state index in [1.54, 1.807) is 7.11 Å². The van der Waals surface area contributed by atoms with E-state index in [0.717, 1.165) is 98.7 Å². The van der Waals surface area contributed by atoms with Crippen LogP contribution in [-0.2, 0) is 0 Å². The van der Waals surface area contributed by atoms with Gasteiger partial charge in [-0.3, -0.25) is 23.9 Å². The molecule has 2 saturated heterocycles. The van der Waals surface area contributed by atoms with Crippen LogP contribution in [0.5, 0.6) is 11.5 Å². The molecule has 2 amide bonds. The second-order valence-corrected chi connectivity index (χ2v) is 13.0. The topological polar surface area (TPSA) is 92.0 Å². The minimum absolute atomic E-state index is 0.0124. The summed E-state index contributed by atoms with van der Waals surface area (Å²) in [4.78, 5) is 42.5. The van der Waals surface area contributed by atoms with E-state index in [-0.39, 0.29) is 17.9 Å². The highest BCUT2D eigenvalue weighted by Crippen LogP contribution is 2.34. The van der Waals surface area contributed by atoms with Gasteiger partial charge in [0.05, 0.1) is 36.5 Å². The van der Waals surface area contributed by atoms with Crippen LogP contribution < -0.4 is 9.47 Å². The maximum absolute atomic E-state index is 13.7. The Morgan fingerprint density at radius 2 is 1.77 bits per heavy atom. The van der Waals surface area contributed by atoms with Crippen LogP contribution in [-0.4, -0.2) is 101 Å². The number of fused-ring (bicyclic) bond motifs is 3. The summed E-state index contributed by atoms with van der Waals surface area (Å²) in [5.41, 5.74) is 4.63. The minimum atomic E-state index is -0.0124. The zero-order valence-corrected chi connectivity index (χ0v) is 27.9. The fraction of sp³-hybridized carbons (Fsp3) is 0.421. The lowest BCUT2D eigenvalue weighted by atomic mass is 10.1. The molecule has 3 aliphatic rings. The largest absolute Gasteiger partial charge is 0.497 e. The van der Waals surface area contributed by atoms with Gasteiger partial charge in [-0.15, -0.1) is 0 Å². The number of imidazole rings is 1. The van der Waals surface area contributed by atoms with Crippen molar-refractivity contribution in [2.75, 3.05) is 53.0 Å².